The van der Waals surface area contributed by atoms with Crippen LogP contribution in [0, 0.1) is 0 Å². The molecule has 4 rings (SSSR count). The number of hydrogen-bond donors (Lipinski definition) is 7. The summed E-state index contributed by atoms with van der Waals surface area (Å²) in [5, 5.41) is 68.7. The molecule has 0 radical (unpaired) electrons. The van der Waals surface area contributed by atoms with Gasteiger partial charge in [0.05, 0.1) is 6.61 Å². The van der Waals surface area contributed by atoms with Crippen LogP contribution in [0.1, 0.15) is 5.56 Å². The Kier molecular flexibility index (Phi) is 5.65. The van der Waals surface area contributed by atoms with Gasteiger partial charge in [0, 0.05) is 23.3 Å². The quantitative estimate of drug-likeness (QED) is 0.318. The highest BCUT2D eigenvalue weighted by Crippen LogP contribution is 2.37. The molecule has 0 saturated carbocycles. The fraction of sp³-hybridized carbons (Fsp3) is 0.333. The number of benzene rings is 1. The second-order valence-corrected chi connectivity index (χ2v) is 7.31. The van der Waals surface area contributed by atoms with Gasteiger partial charge in [0.15, 0.2) is 11.5 Å². The number of aliphatic hydroxyl groups excluding tert-OH is 5. The van der Waals surface area contributed by atoms with Crippen LogP contribution in [0.4, 0.5) is 0 Å². The third-order valence-corrected chi connectivity index (χ3v) is 5.21. The van der Waals surface area contributed by atoms with Crippen LogP contribution in [-0.4, -0.2) is 79.2 Å². The Labute approximate surface area is 176 Å². The maximum atomic E-state index is 10.2. The number of ether oxygens (including phenoxy) is 3. The maximum absolute atomic E-state index is 10.2. The topological polar surface area (TPSA) is 169 Å². The van der Waals surface area contributed by atoms with Gasteiger partial charge in [-0.25, -0.2) is 0 Å². The average molecular weight is 434 g/mol. The lowest BCUT2D eigenvalue weighted by atomic mass is 9.97. The molecule has 166 valence electrons. The van der Waals surface area contributed by atoms with Gasteiger partial charge in [0.2, 0.25) is 6.29 Å². The summed E-state index contributed by atoms with van der Waals surface area (Å²) in [5.41, 5.74) is 0.964. The van der Waals surface area contributed by atoms with Gasteiger partial charge in [0.1, 0.15) is 47.8 Å². The van der Waals surface area contributed by atoms with Crippen molar-refractivity contribution in [1.29, 1.82) is 0 Å². The minimum atomic E-state index is -1.61. The molecule has 1 aromatic rings. The van der Waals surface area contributed by atoms with E-state index in [1.54, 1.807) is 18.2 Å². The third kappa shape index (κ3) is 3.99. The Hall–Kier alpha value is -3.02. The zero-order valence-corrected chi connectivity index (χ0v) is 16.1. The summed E-state index contributed by atoms with van der Waals surface area (Å²) in [6.07, 6.45) is -2.15. The Morgan fingerprint density at radius 2 is 1.71 bits per heavy atom. The van der Waals surface area contributed by atoms with Gasteiger partial charge in [-0.1, -0.05) is 0 Å². The van der Waals surface area contributed by atoms with Crippen LogP contribution < -0.4 is 0 Å². The predicted molar refractivity (Wildman–Crippen MR) is 104 cm³/mol. The van der Waals surface area contributed by atoms with Crippen LogP contribution in [0.3, 0.4) is 0 Å². The molecule has 10 nitrogen and oxygen atoms in total. The molecule has 3 aliphatic rings. The van der Waals surface area contributed by atoms with Crippen molar-refractivity contribution in [3.05, 3.63) is 65.2 Å². The molecule has 0 aromatic heterocycles. The normalized spacial score (nSPS) is 32.6. The molecular weight excluding hydrogens is 412 g/mol. The molecule has 31 heavy (non-hydrogen) atoms. The summed E-state index contributed by atoms with van der Waals surface area (Å²) < 4.78 is 16.9. The molecule has 7 N–H and O–H groups in total. The highest BCUT2D eigenvalue weighted by atomic mass is 16.7. The number of rotatable bonds is 4. The number of fused-ring (bicyclic) bond motifs is 1. The molecule has 1 aliphatic carbocycles. The Morgan fingerprint density at radius 1 is 0.935 bits per heavy atom. The summed E-state index contributed by atoms with van der Waals surface area (Å²) in [4.78, 5) is 0. The van der Waals surface area contributed by atoms with Crippen molar-refractivity contribution < 1.29 is 50.0 Å². The largest absolute Gasteiger partial charge is 0.508 e. The van der Waals surface area contributed by atoms with Gasteiger partial charge >= 0.3 is 0 Å². The minimum absolute atomic E-state index is 0.0955. The number of hydrogen-bond acceptors (Lipinski definition) is 10. The lowest BCUT2D eigenvalue weighted by Crippen LogP contribution is -2.59. The zero-order valence-electron chi connectivity index (χ0n) is 16.1. The van der Waals surface area contributed by atoms with E-state index in [0.717, 1.165) is 0 Å². The maximum Gasteiger partial charge on any atom is 0.229 e. The van der Waals surface area contributed by atoms with E-state index in [2.05, 4.69) is 0 Å². The van der Waals surface area contributed by atoms with Crippen molar-refractivity contribution in [1.82, 2.24) is 0 Å². The molecule has 1 unspecified atom stereocenters. The number of aromatic hydroxyl groups is 2. The van der Waals surface area contributed by atoms with Crippen molar-refractivity contribution in [3.63, 3.8) is 0 Å². The summed E-state index contributed by atoms with van der Waals surface area (Å²) in [6, 6.07) is 4.19. The molecule has 1 saturated heterocycles. The molecule has 6 atom stereocenters. The molecule has 0 spiro atoms. The summed E-state index contributed by atoms with van der Waals surface area (Å²) >= 11 is 0. The number of phenolic OH excluding ortho intramolecular Hbond substituents is 2. The lowest BCUT2D eigenvalue weighted by molar-refractivity contribution is -0.290. The molecule has 0 amide bonds. The molecule has 2 aliphatic heterocycles. The average Bonchev–Trinajstić information content (AvgIpc) is 2.75. The molecule has 0 bridgehead atoms. The SMILES string of the molecule is OC[C@H]1O[C@@H](OC2=CC(O)=CC3OC(c4ccc(O)c(O)c4)=CC=C23)[C@H](O)[C@@H](O)[C@@H]1O. The van der Waals surface area contributed by atoms with Gasteiger partial charge < -0.3 is 50.0 Å². The highest BCUT2D eigenvalue weighted by Gasteiger charge is 2.45. The standard InChI is InChI=1S/C21H22O10/c22-8-17-18(26)19(27)20(28)21(31-17)30-16-7-10(23)6-15-11(16)2-4-14(29-15)9-1-3-12(24)13(25)5-9/h1-7,15,17-28H,8H2/t15?,17-,18-,19+,20-,21-/m1/s1. The number of allylic oxidation sites excluding steroid dienone is 3. The van der Waals surface area contributed by atoms with E-state index in [4.69, 9.17) is 14.2 Å². The summed E-state index contributed by atoms with van der Waals surface area (Å²) in [7, 11) is 0. The molecule has 2 heterocycles. The monoisotopic (exact) mass is 434 g/mol. The molecule has 1 aromatic carbocycles. The highest BCUT2D eigenvalue weighted by molar-refractivity contribution is 5.67. The van der Waals surface area contributed by atoms with Gasteiger partial charge in [-0.05, 0) is 30.4 Å². The Morgan fingerprint density at radius 3 is 2.42 bits per heavy atom. The van der Waals surface area contributed by atoms with Crippen LogP contribution in [0.5, 0.6) is 11.5 Å². The molecular formula is C21H22O10. The van der Waals surface area contributed by atoms with E-state index in [0.29, 0.717) is 16.9 Å². The van der Waals surface area contributed by atoms with E-state index in [1.165, 1.54) is 24.3 Å². The molecule has 1 fully saturated rings. The van der Waals surface area contributed by atoms with Crippen molar-refractivity contribution in [2.24, 2.45) is 0 Å². The summed E-state index contributed by atoms with van der Waals surface area (Å²) in [6.45, 7) is -0.602. The van der Waals surface area contributed by atoms with Crippen LogP contribution in [0.15, 0.2) is 59.6 Å². The first-order chi connectivity index (χ1) is 14.8. The van der Waals surface area contributed by atoms with E-state index in [-0.39, 0.29) is 23.0 Å². The van der Waals surface area contributed by atoms with Crippen molar-refractivity contribution in [2.75, 3.05) is 6.61 Å². The number of phenols is 2. The van der Waals surface area contributed by atoms with Gasteiger partial charge in [-0.2, -0.15) is 0 Å². The fourth-order valence-electron chi connectivity index (χ4n) is 3.50. The van der Waals surface area contributed by atoms with Gasteiger partial charge in [-0.15, -0.1) is 0 Å². The van der Waals surface area contributed by atoms with Crippen LogP contribution in [-0.2, 0) is 14.2 Å². The fourth-order valence-corrected chi connectivity index (χ4v) is 3.50. The number of aliphatic hydroxyl groups is 5. The van der Waals surface area contributed by atoms with Crippen LogP contribution in [0.25, 0.3) is 5.76 Å². The van der Waals surface area contributed by atoms with Crippen molar-refractivity contribution >= 4 is 5.76 Å². The Bertz CT molecular complexity index is 976. The van der Waals surface area contributed by atoms with Crippen molar-refractivity contribution in [2.45, 2.75) is 36.8 Å². The lowest BCUT2D eigenvalue weighted by Gasteiger charge is -2.40. The smallest absolute Gasteiger partial charge is 0.229 e. The predicted octanol–water partition coefficient (Wildman–Crippen LogP) is -0.0802. The third-order valence-electron chi connectivity index (χ3n) is 5.21. The first-order valence-corrected chi connectivity index (χ1v) is 9.49. The van der Waals surface area contributed by atoms with Gasteiger partial charge in [0.25, 0.3) is 0 Å². The second-order valence-electron chi connectivity index (χ2n) is 7.31. The summed E-state index contributed by atoms with van der Waals surface area (Å²) in [5.74, 6) is -0.313. The van der Waals surface area contributed by atoms with E-state index in [9.17, 15) is 35.7 Å². The van der Waals surface area contributed by atoms with Crippen LogP contribution >= 0.6 is 0 Å². The molecule has 10 heteroatoms. The first-order valence-electron chi connectivity index (χ1n) is 9.49. The van der Waals surface area contributed by atoms with E-state index >= 15 is 0 Å². The van der Waals surface area contributed by atoms with E-state index in [1.807, 2.05) is 0 Å². The zero-order chi connectivity index (χ0) is 22.3. The van der Waals surface area contributed by atoms with Gasteiger partial charge in [-0.3, -0.25) is 0 Å². The first kappa shape index (κ1) is 21.2. The minimum Gasteiger partial charge on any atom is -0.508 e. The van der Waals surface area contributed by atoms with Crippen LogP contribution in [0.2, 0.25) is 0 Å². The second kappa shape index (κ2) is 8.25. The van der Waals surface area contributed by atoms with E-state index < -0.39 is 43.4 Å². The Balaban J connectivity index is 1.59. The van der Waals surface area contributed by atoms with Crippen molar-refractivity contribution in [3.8, 4) is 11.5 Å².